The van der Waals surface area contributed by atoms with Crippen molar-refractivity contribution in [3.8, 4) is 0 Å². The molecule has 23 heavy (non-hydrogen) atoms. The molecule has 1 saturated heterocycles. The van der Waals surface area contributed by atoms with Crippen molar-refractivity contribution in [2.45, 2.75) is 25.8 Å². The standard InChI is InChI=1S/C15H14N4O3S/c1-8-17-18-13(21-8)11-3-2-6-19(11)14(20)9-4-5-10-12(7-9)22-15(23)16-10/h4-5,7,11H,2-3,6H2,1H3,(H,16,23). The van der Waals surface area contributed by atoms with Crippen LogP contribution in [0.15, 0.2) is 27.0 Å². The van der Waals surface area contributed by atoms with E-state index >= 15 is 0 Å². The minimum absolute atomic E-state index is 0.0763. The highest BCUT2D eigenvalue weighted by molar-refractivity contribution is 7.71. The van der Waals surface area contributed by atoms with Crippen LogP contribution in [0, 0.1) is 11.8 Å². The summed E-state index contributed by atoms with van der Waals surface area (Å²) in [4.78, 5) is 17.8. The molecule has 0 bridgehead atoms. The zero-order chi connectivity index (χ0) is 16.0. The first kappa shape index (κ1) is 14.1. The second-order valence-corrected chi connectivity index (χ2v) is 5.91. The number of benzene rings is 1. The largest absolute Gasteiger partial charge is 0.429 e. The van der Waals surface area contributed by atoms with E-state index in [2.05, 4.69) is 15.2 Å². The van der Waals surface area contributed by atoms with E-state index in [4.69, 9.17) is 21.1 Å². The van der Waals surface area contributed by atoms with Crippen LogP contribution in [0.4, 0.5) is 0 Å². The normalized spacial score (nSPS) is 18.0. The molecule has 4 rings (SSSR count). The lowest BCUT2D eigenvalue weighted by atomic mass is 10.1. The number of fused-ring (bicyclic) bond motifs is 1. The van der Waals surface area contributed by atoms with Crippen LogP contribution in [-0.4, -0.2) is 32.5 Å². The van der Waals surface area contributed by atoms with Gasteiger partial charge in [-0.05, 0) is 43.3 Å². The number of H-pyrrole nitrogens is 1. The van der Waals surface area contributed by atoms with E-state index in [0.29, 0.717) is 34.3 Å². The number of likely N-dealkylation sites (tertiary alicyclic amines) is 1. The van der Waals surface area contributed by atoms with Gasteiger partial charge in [-0.2, -0.15) is 0 Å². The molecule has 118 valence electrons. The van der Waals surface area contributed by atoms with Gasteiger partial charge in [0.2, 0.25) is 11.8 Å². The summed E-state index contributed by atoms with van der Waals surface area (Å²) >= 11 is 4.97. The van der Waals surface area contributed by atoms with E-state index in [1.807, 2.05) is 0 Å². The van der Waals surface area contributed by atoms with Crippen molar-refractivity contribution in [3.05, 3.63) is 40.4 Å². The molecule has 1 atom stereocenters. The number of hydrogen-bond donors (Lipinski definition) is 1. The lowest BCUT2D eigenvalue weighted by molar-refractivity contribution is 0.0715. The minimum atomic E-state index is -0.169. The summed E-state index contributed by atoms with van der Waals surface area (Å²) < 4.78 is 10.9. The van der Waals surface area contributed by atoms with E-state index in [1.165, 1.54) is 0 Å². The first-order chi connectivity index (χ1) is 11.1. The van der Waals surface area contributed by atoms with Gasteiger partial charge in [0.05, 0.1) is 5.52 Å². The summed E-state index contributed by atoms with van der Waals surface area (Å²) in [6, 6.07) is 5.10. The number of aromatic amines is 1. The van der Waals surface area contributed by atoms with E-state index in [-0.39, 0.29) is 11.9 Å². The Labute approximate surface area is 136 Å². The Kier molecular flexibility index (Phi) is 3.26. The Hall–Kier alpha value is -2.48. The molecule has 1 aliphatic rings. The van der Waals surface area contributed by atoms with Crippen molar-refractivity contribution in [2.24, 2.45) is 0 Å². The number of oxazole rings is 1. The Bertz CT molecular complexity index is 941. The molecule has 1 amide bonds. The number of carbonyl (C=O) groups is 1. The number of nitrogens with zero attached hydrogens (tertiary/aromatic N) is 3. The van der Waals surface area contributed by atoms with Crippen LogP contribution in [0.3, 0.4) is 0 Å². The fourth-order valence-corrected chi connectivity index (χ4v) is 3.16. The molecular weight excluding hydrogens is 316 g/mol. The number of aryl methyl sites for hydroxylation is 1. The van der Waals surface area contributed by atoms with Gasteiger partial charge in [0.15, 0.2) is 5.58 Å². The maximum Gasteiger partial charge on any atom is 0.266 e. The van der Waals surface area contributed by atoms with Gasteiger partial charge < -0.3 is 18.7 Å². The maximum atomic E-state index is 12.8. The second-order valence-electron chi connectivity index (χ2n) is 5.54. The third kappa shape index (κ3) is 2.44. The molecule has 0 aliphatic carbocycles. The average molecular weight is 330 g/mol. The Morgan fingerprint density at radius 1 is 1.39 bits per heavy atom. The Balaban J connectivity index is 1.67. The highest BCUT2D eigenvalue weighted by atomic mass is 32.1. The van der Waals surface area contributed by atoms with Crippen LogP contribution in [0.1, 0.15) is 41.0 Å². The average Bonchev–Trinajstić information content (AvgIpc) is 3.23. The number of hydrogen-bond acceptors (Lipinski definition) is 6. The first-order valence-electron chi connectivity index (χ1n) is 7.35. The van der Waals surface area contributed by atoms with Crippen LogP contribution in [0.2, 0.25) is 0 Å². The molecule has 0 saturated carbocycles. The zero-order valence-electron chi connectivity index (χ0n) is 12.4. The van der Waals surface area contributed by atoms with Crippen molar-refractivity contribution in [3.63, 3.8) is 0 Å². The molecule has 1 N–H and O–H groups in total. The van der Waals surface area contributed by atoms with Gasteiger partial charge in [0, 0.05) is 19.0 Å². The molecule has 1 unspecified atom stereocenters. The summed E-state index contributed by atoms with van der Waals surface area (Å²) in [6.07, 6.45) is 1.73. The Morgan fingerprint density at radius 2 is 2.26 bits per heavy atom. The van der Waals surface area contributed by atoms with Crippen molar-refractivity contribution in [1.82, 2.24) is 20.1 Å². The van der Waals surface area contributed by atoms with Crippen LogP contribution in [0.5, 0.6) is 0 Å². The van der Waals surface area contributed by atoms with Crippen molar-refractivity contribution in [1.29, 1.82) is 0 Å². The molecule has 1 fully saturated rings. The van der Waals surface area contributed by atoms with Gasteiger partial charge in [0.1, 0.15) is 6.04 Å². The fraction of sp³-hybridized carbons (Fsp3) is 0.333. The molecule has 1 aliphatic heterocycles. The maximum absolute atomic E-state index is 12.8. The summed E-state index contributed by atoms with van der Waals surface area (Å²) in [5.74, 6) is 0.922. The van der Waals surface area contributed by atoms with E-state index in [0.717, 1.165) is 18.4 Å². The van der Waals surface area contributed by atoms with Gasteiger partial charge in [0.25, 0.3) is 10.7 Å². The summed E-state index contributed by atoms with van der Waals surface area (Å²) in [5.41, 5.74) is 1.90. The van der Waals surface area contributed by atoms with E-state index < -0.39 is 0 Å². The highest BCUT2D eigenvalue weighted by Gasteiger charge is 2.34. The van der Waals surface area contributed by atoms with Gasteiger partial charge in [-0.25, -0.2) is 0 Å². The number of carbonyl (C=O) groups excluding carboxylic acids is 1. The monoisotopic (exact) mass is 330 g/mol. The molecule has 7 nitrogen and oxygen atoms in total. The molecule has 8 heteroatoms. The quantitative estimate of drug-likeness (QED) is 0.726. The molecule has 1 aromatic carbocycles. The second kappa shape index (κ2) is 5.31. The first-order valence-corrected chi connectivity index (χ1v) is 7.76. The van der Waals surface area contributed by atoms with Crippen molar-refractivity contribution in [2.75, 3.05) is 6.54 Å². The fourth-order valence-electron chi connectivity index (χ4n) is 2.96. The van der Waals surface area contributed by atoms with Crippen molar-refractivity contribution >= 4 is 29.2 Å². The molecule has 3 aromatic rings. The minimum Gasteiger partial charge on any atom is -0.429 e. The molecule has 0 radical (unpaired) electrons. The van der Waals surface area contributed by atoms with Crippen molar-refractivity contribution < 1.29 is 13.6 Å². The van der Waals surface area contributed by atoms with Crippen LogP contribution in [0.25, 0.3) is 11.1 Å². The molecule has 2 aromatic heterocycles. The molecular formula is C15H14N4O3S. The molecule has 3 heterocycles. The van der Waals surface area contributed by atoms with Gasteiger partial charge in [-0.1, -0.05) is 0 Å². The predicted octanol–water partition coefficient (Wildman–Crippen LogP) is 3.16. The van der Waals surface area contributed by atoms with Gasteiger partial charge in [-0.3, -0.25) is 4.79 Å². The zero-order valence-corrected chi connectivity index (χ0v) is 13.2. The summed E-state index contributed by atoms with van der Waals surface area (Å²) in [6.45, 7) is 2.41. The summed E-state index contributed by atoms with van der Waals surface area (Å²) in [7, 11) is 0. The Morgan fingerprint density at radius 3 is 3.04 bits per heavy atom. The lowest BCUT2D eigenvalue weighted by Crippen LogP contribution is -2.30. The molecule has 0 spiro atoms. The lowest BCUT2D eigenvalue weighted by Gasteiger charge is -2.22. The van der Waals surface area contributed by atoms with Crippen LogP contribution < -0.4 is 0 Å². The number of amides is 1. The SMILES string of the molecule is Cc1nnc(C2CCCN2C(=O)c2ccc3[nH]c(=S)oc3c2)o1. The van der Waals surface area contributed by atoms with Crippen LogP contribution in [-0.2, 0) is 0 Å². The van der Waals surface area contributed by atoms with Crippen LogP contribution >= 0.6 is 12.2 Å². The number of nitrogens with one attached hydrogen (secondary N) is 1. The third-order valence-electron chi connectivity index (χ3n) is 4.01. The van der Waals surface area contributed by atoms with E-state index in [9.17, 15) is 4.79 Å². The summed E-state index contributed by atoms with van der Waals surface area (Å²) in [5, 5.41) is 7.92. The number of rotatable bonds is 2. The predicted molar refractivity (Wildman–Crippen MR) is 83.4 cm³/mol. The topological polar surface area (TPSA) is 88.2 Å². The highest BCUT2D eigenvalue weighted by Crippen LogP contribution is 2.32. The smallest absolute Gasteiger partial charge is 0.266 e. The van der Waals surface area contributed by atoms with E-state index in [1.54, 1.807) is 30.0 Å². The van der Waals surface area contributed by atoms with Gasteiger partial charge >= 0.3 is 0 Å². The van der Waals surface area contributed by atoms with Gasteiger partial charge in [-0.15, -0.1) is 10.2 Å². The third-order valence-corrected chi connectivity index (χ3v) is 4.19. The number of aromatic nitrogens is 3.